The van der Waals surface area contributed by atoms with Crippen LogP contribution in [0, 0.1) is 19.7 Å². The van der Waals surface area contributed by atoms with Gasteiger partial charge >= 0.3 is 0 Å². The molecule has 0 radical (unpaired) electrons. The number of para-hydroxylation sites is 1. The van der Waals surface area contributed by atoms with Gasteiger partial charge in [0.1, 0.15) is 11.6 Å². The van der Waals surface area contributed by atoms with Crippen LogP contribution >= 0.6 is 12.2 Å². The molecular weight excluding hydrogens is 447 g/mol. The van der Waals surface area contributed by atoms with Crippen molar-refractivity contribution < 1.29 is 9.13 Å². The largest absolute Gasteiger partial charge is 0.497 e. The van der Waals surface area contributed by atoms with E-state index in [4.69, 9.17) is 17.0 Å². The number of aryl methyl sites for hydroxylation is 1. The molecule has 7 heteroatoms. The van der Waals surface area contributed by atoms with Gasteiger partial charge in [0.15, 0.2) is 5.11 Å². The third-order valence-electron chi connectivity index (χ3n) is 6.31. The summed E-state index contributed by atoms with van der Waals surface area (Å²) in [6.07, 6.45) is 1.77. The average molecular weight is 473 g/mol. The molecule has 2 unspecified atom stereocenters. The molecule has 0 aliphatic carbocycles. The standard InChI is InChI=1S/C27H25FN4OS/c1-17-15-21(18(2)31(17)19-9-8-10-20(16-19)33-3)26-25(23-12-6-7-14-29-23)30-27(34)32(26)24-13-5-4-11-22(24)28/h4-16,25-26H,1-3H3,(H,30,34). The Morgan fingerprint density at radius 1 is 1.00 bits per heavy atom. The third kappa shape index (κ3) is 3.72. The van der Waals surface area contributed by atoms with Gasteiger partial charge in [0.25, 0.3) is 0 Å². The zero-order valence-electron chi connectivity index (χ0n) is 19.2. The molecule has 0 bridgehead atoms. The molecule has 1 aliphatic heterocycles. The Bertz CT molecular complexity index is 1350. The Labute approximate surface area is 203 Å². The summed E-state index contributed by atoms with van der Waals surface area (Å²) in [7, 11) is 1.66. The summed E-state index contributed by atoms with van der Waals surface area (Å²) in [4.78, 5) is 6.47. The maximum absolute atomic E-state index is 15.0. The lowest BCUT2D eigenvalue weighted by atomic mass is 9.96. The number of rotatable bonds is 5. The summed E-state index contributed by atoms with van der Waals surface area (Å²) in [5, 5.41) is 3.88. The van der Waals surface area contributed by atoms with Crippen molar-refractivity contribution in [3.63, 3.8) is 0 Å². The van der Waals surface area contributed by atoms with E-state index >= 15 is 4.39 Å². The van der Waals surface area contributed by atoms with Gasteiger partial charge in [-0.2, -0.15) is 0 Å². The van der Waals surface area contributed by atoms with Crippen molar-refractivity contribution in [3.8, 4) is 11.4 Å². The second kappa shape index (κ2) is 8.91. The van der Waals surface area contributed by atoms with Crippen LogP contribution in [0.1, 0.15) is 34.7 Å². The molecule has 2 aromatic carbocycles. The SMILES string of the molecule is COc1cccc(-n2c(C)cc(C3C(c4ccccn4)NC(=S)N3c3ccccc3F)c2C)c1. The lowest BCUT2D eigenvalue weighted by Crippen LogP contribution is -2.30. The fraction of sp³-hybridized carbons (Fsp3) is 0.185. The number of nitrogens with one attached hydrogen (secondary N) is 1. The van der Waals surface area contributed by atoms with Gasteiger partial charge in [0.05, 0.1) is 30.6 Å². The Morgan fingerprint density at radius 2 is 1.79 bits per heavy atom. The maximum Gasteiger partial charge on any atom is 0.174 e. The Kier molecular flexibility index (Phi) is 5.79. The van der Waals surface area contributed by atoms with Gasteiger partial charge in [-0.05, 0) is 74.1 Å². The molecule has 0 saturated carbocycles. The summed E-state index contributed by atoms with van der Waals surface area (Å²) < 4.78 is 22.6. The fourth-order valence-electron chi connectivity index (χ4n) is 4.81. The van der Waals surface area contributed by atoms with Crippen LogP contribution in [0.5, 0.6) is 5.75 Å². The maximum atomic E-state index is 15.0. The first-order chi connectivity index (χ1) is 16.5. The second-order valence-electron chi connectivity index (χ2n) is 8.31. The van der Waals surface area contributed by atoms with Crippen LogP contribution in [0.3, 0.4) is 0 Å². The van der Waals surface area contributed by atoms with Crippen LogP contribution < -0.4 is 15.0 Å². The monoisotopic (exact) mass is 472 g/mol. The molecule has 2 aromatic heterocycles. The number of halogens is 1. The molecule has 172 valence electrons. The van der Waals surface area contributed by atoms with Gasteiger partial charge in [-0.1, -0.05) is 24.3 Å². The number of anilines is 1. The Hall–Kier alpha value is -3.71. The molecule has 4 aromatic rings. The van der Waals surface area contributed by atoms with Crippen molar-refractivity contribution in [2.24, 2.45) is 0 Å². The van der Waals surface area contributed by atoms with Crippen LogP contribution in [-0.4, -0.2) is 21.8 Å². The topological polar surface area (TPSA) is 42.3 Å². The van der Waals surface area contributed by atoms with Crippen LogP contribution in [0.15, 0.2) is 79.0 Å². The molecule has 0 amide bonds. The first-order valence-corrected chi connectivity index (χ1v) is 11.5. The van der Waals surface area contributed by atoms with E-state index in [9.17, 15) is 0 Å². The van der Waals surface area contributed by atoms with Crippen molar-refractivity contribution in [1.29, 1.82) is 0 Å². The highest BCUT2D eigenvalue weighted by Gasteiger charge is 2.43. The average Bonchev–Trinajstić information content (AvgIpc) is 3.35. The number of methoxy groups -OCH3 is 1. The van der Waals surface area contributed by atoms with Crippen LogP contribution in [0.4, 0.5) is 10.1 Å². The highest BCUT2D eigenvalue weighted by molar-refractivity contribution is 7.80. The normalized spacial score (nSPS) is 17.6. The fourth-order valence-corrected chi connectivity index (χ4v) is 5.15. The Balaban J connectivity index is 1.69. The summed E-state index contributed by atoms with van der Waals surface area (Å²) in [5.41, 5.74) is 5.44. The number of thiocarbonyl (C=S) groups is 1. The van der Waals surface area contributed by atoms with Crippen molar-refractivity contribution in [2.75, 3.05) is 12.0 Å². The van der Waals surface area contributed by atoms with Gasteiger partial charge in [-0.25, -0.2) is 4.39 Å². The number of hydrogen-bond donors (Lipinski definition) is 1. The van der Waals surface area contributed by atoms with Gasteiger partial charge in [0, 0.05) is 29.3 Å². The second-order valence-corrected chi connectivity index (χ2v) is 8.70. The van der Waals surface area contributed by atoms with Crippen LogP contribution in [0.25, 0.3) is 5.69 Å². The van der Waals surface area contributed by atoms with Crippen molar-refractivity contribution >= 4 is 23.0 Å². The van der Waals surface area contributed by atoms with E-state index in [0.717, 1.165) is 34.1 Å². The molecule has 1 N–H and O–H groups in total. The van der Waals surface area contributed by atoms with Crippen molar-refractivity contribution in [2.45, 2.75) is 25.9 Å². The summed E-state index contributed by atoms with van der Waals surface area (Å²) in [5.74, 6) is 0.467. The number of nitrogens with zero attached hydrogens (tertiary/aromatic N) is 3. The minimum atomic E-state index is -0.320. The summed E-state index contributed by atoms with van der Waals surface area (Å²) in [6.45, 7) is 4.15. The molecule has 0 spiro atoms. The summed E-state index contributed by atoms with van der Waals surface area (Å²) in [6, 6.07) is 22.1. The predicted molar refractivity (Wildman–Crippen MR) is 136 cm³/mol. The van der Waals surface area contributed by atoms with E-state index in [-0.39, 0.29) is 17.9 Å². The highest BCUT2D eigenvalue weighted by Crippen LogP contribution is 2.44. The molecule has 2 atom stereocenters. The molecular formula is C27H25FN4OS. The minimum absolute atomic E-state index is 0.243. The molecule has 5 rings (SSSR count). The molecule has 1 saturated heterocycles. The number of benzene rings is 2. The van der Waals surface area contributed by atoms with E-state index in [0.29, 0.717) is 10.8 Å². The number of ether oxygens (including phenoxy) is 1. The first-order valence-electron chi connectivity index (χ1n) is 11.1. The van der Waals surface area contributed by atoms with Crippen LogP contribution in [0.2, 0.25) is 0 Å². The van der Waals surface area contributed by atoms with E-state index in [2.05, 4.69) is 40.8 Å². The number of aromatic nitrogens is 2. The summed E-state index contributed by atoms with van der Waals surface area (Å²) >= 11 is 5.74. The molecule has 1 aliphatic rings. The zero-order chi connectivity index (χ0) is 23.8. The molecule has 34 heavy (non-hydrogen) atoms. The van der Waals surface area contributed by atoms with E-state index in [1.54, 1.807) is 25.4 Å². The zero-order valence-corrected chi connectivity index (χ0v) is 20.0. The predicted octanol–water partition coefficient (Wildman–Crippen LogP) is 5.81. The van der Waals surface area contributed by atoms with Crippen molar-refractivity contribution in [3.05, 3.63) is 107 Å². The Morgan fingerprint density at radius 3 is 2.53 bits per heavy atom. The van der Waals surface area contributed by atoms with Crippen molar-refractivity contribution in [1.82, 2.24) is 14.9 Å². The van der Waals surface area contributed by atoms with Gasteiger partial charge in [-0.3, -0.25) is 4.98 Å². The highest BCUT2D eigenvalue weighted by atomic mass is 32.1. The van der Waals surface area contributed by atoms with Crippen LogP contribution in [-0.2, 0) is 0 Å². The minimum Gasteiger partial charge on any atom is -0.497 e. The van der Waals surface area contributed by atoms with Gasteiger partial charge in [0.2, 0.25) is 0 Å². The smallest absolute Gasteiger partial charge is 0.174 e. The molecule has 5 nitrogen and oxygen atoms in total. The lowest BCUT2D eigenvalue weighted by Gasteiger charge is -2.28. The van der Waals surface area contributed by atoms with Gasteiger partial charge < -0.3 is 19.5 Å². The number of pyridine rings is 1. The first kappa shape index (κ1) is 22.1. The quantitative estimate of drug-likeness (QED) is 0.371. The molecule has 3 heterocycles. The molecule has 1 fully saturated rings. The van der Waals surface area contributed by atoms with E-state index < -0.39 is 0 Å². The van der Waals surface area contributed by atoms with E-state index in [1.165, 1.54) is 6.07 Å². The lowest BCUT2D eigenvalue weighted by molar-refractivity contribution is 0.414. The van der Waals surface area contributed by atoms with E-state index in [1.807, 2.05) is 47.4 Å². The third-order valence-corrected chi connectivity index (χ3v) is 6.63. The van der Waals surface area contributed by atoms with Gasteiger partial charge in [-0.15, -0.1) is 0 Å². The number of hydrogen-bond acceptors (Lipinski definition) is 3.